The first-order chi connectivity index (χ1) is 7.08. The van der Waals surface area contributed by atoms with E-state index in [1.165, 1.54) is 0 Å². The lowest BCUT2D eigenvalue weighted by Gasteiger charge is -2.25. The molecular formula is C12H27NO2. The zero-order valence-electron chi connectivity index (χ0n) is 10.4. The van der Waals surface area contributed by atoms with E-state index in [1.54, 1.807) is 0 Å². The molecule has 0 aromatic rings. The molecule has 0 aromatic heterocycles. The van der Waals surface area contributed by atoms with Crippen LogP contribution in [0.3, 0.4) is 0 Å². The molecule has 0 rings (SSSR count). The van der Waals surface area contributed by atoms with Crippen molar-refractivity contribution in [3.05, 3.63) is 0 Å². The number of aliphatic hydroxyl groups is 2. The Balaban J connectivity index is 3.45. The van der Waals surface area contributed by atoms with Crippen LogP contribution in [-0.2, 0) is 0 Å². The van der Waals surface area contributed by atoms with Gasteiger partial charge in [0.25, 0.3) is 0 Å². The fraction of sp³-hybridized carbons (Fsp3) is 1.00. The summed E-state index contributed by atoms with van der Waals surface area (Å²) in [6.45, 7) is 7.94. The smallest absolute Gasteiger partial charge is 0.0766 e. The molecule has 0 amide bonds. The molecule has 3 heteroatoms. The third-order valence-electron chi connectivity index (χ3n) is 3.13. The zero-order chi connectivity index (χ0) is 11.7. The van der Waals surface area contributed by atoms with E-state index >= 15 is 0 Å². The summed E-state index contributed by atoms with van der Waals surface area (Å²) in [5, 5.41) is 22.1. The standard InChI is InChI=1S/C12H27NO2/c1-4-12(15,5-2)10-13-8-6-7-11(3)9-14/h11,13-15H,4-10H2,1-3H3. The van der Waals surface area contributed by atoms with Crippen molar-refractivity contribution in [2.24, 2.45) is 5.92 Å². The van der Waals surface area contributed by atoms with Gasteiger partial charge in [-0.3, -0.25) is 0 Å². The predicted molar refractivity (Wildman–Crippen MR) is 63.9 cm³/mol. The first-order valence-electron chi connectivity index (χ1n) is 6.12. The van der Waals surface area contributed by atoms with Crippen LogP contribution >= 0.6 is 0 Å². The molecule has 0 saturated heterocycles. The van der Waals surface area contributed by atoms with Crippen molar-refractivity contribution >= 4 is 0 Å². The minimum Gasteiger partial charge on any atom is -0.396 e. The van der Waals surface area contributed by atoms with Gasteiger partial charge in [-0.1, -0.05) is 20.8 Å². The van der Waals surface area contributed by atoms with Crippen LogP contribution in [0.15, 0.2) is 0 Å². The van der Waals surface area contributed by atoms with E-state index in [1.807, 2.05) is 13.8 Å². The van der Waals surface area contributed by atoms with Gasteiger partial charge in [0.1, 0.15) is 0 Å². The minimum atomic E-state index is -0.539. The molecule has 0 saturated carbocycles. The molecule has 0 aromatic carbocycles. The van der Waals surface area contributed by atoms with Crippen LogP contribution in [0.1, 0.15) is 46.5 Å². The van der Waals surface area contributed by atoms with Gasteiger partial charge in [-0.2, -0.15) is 0 Å². The molecule has 15 heavy (non-hydrogen) atoms. The van der Waals surface area contributed by atoms with Gasteiger partial charge in [0.05, 0.1) is 5.60 Å². The van der Waals surface area contributed by atoms with Crippen LogP contribution in [0, 0.1) is 5.92 Å². The fourth-order valence-electron chi connectivity index (χ4n) is 1.49. The van der Waals surface area contributed by atoms with Crippen LogP contribution in [-0.4, -0.2) is 35.5 Å². The van der Waals surface area contributed by atoms with Crippen LogP contribution in [0.4, 0.5) is 0 Å². The van der Waals surface area contributed by atoms with E-state index < -0.39 is 5.60 Å². The average molecular weight is 217 g/mol. The van der Waals surface area contributed by atoms with Crippen LogP contribution in [0.5, 0.6) is 0 Å². The van der Waals surface area contributed by atoms with Crippen LogP contribution < -0.4 is 5.32 Å². The van der Waals surface area contributed by atoms with E-state index in [2.05, 4.69) is 12.2 Å². The highest BCUT2D eigenvalue weighted by Gasteiger charge is 2.20. The Morgan fingerprint density at radius 2 is 1.87 bits per heavy atom. The molecule has 0 fully saturated rings. The van der Waals surface area contributed by atoms with Crippen molar-refractivity contribution in [2.45, 2.75) is 52.1 Å². The molecule has 3 N–H and O–H groups in total. The van der Waals surface area contributed by atoms with Gasteiger partial charge in [0.15, 0.2) is 0 Å². The van der Waals surface area contributed by atoms with Crippen molar-refractivity contribution in [1.82, 2.24) is 5.32 Å². The van der Waals surface area contributed by atoms with Crippen molar-refractivity contribution < 1.29 is 10.2 Å². The van der Waals surface area contributed by atoms with E-state index in [0.717, 1.165) is 32.2 Å². The Kier molecular flexibility index (Phi) is 8.02. The highest BCUT2D eigenvalue weighted by Crippen LogP contribution is 2.12. The first kappa shape index (κ1) is 14.9. The summed E-state index contributed by atoms with van der Waals surface area (Å²) in [5.74, 6) is 0.392. The van der Waals surface area contributed by atoms with Gasteiger partial charge in [-0.25, -0.2) is 0 Å². The summed E-state index contributed by atoms with van der Waals surface area (Å²) in [6, 6.07) is 0. The maximum Gasteiger partial charge on any atom is 0.0766 e. The molecule has 0 bridgehead atoms. The van der Waals surface area contributed by atoms with Gasteiger partial charge in [-0.05, 0) is 38.1 Å². The lowest BCUT2D eigenvalue weighted by molar-refractivity contribution is 0.0326. The first-order valence-corrected chi connectivity index (χ1v) is 6.12. The molecule has 3 nitrogen and oxygen atoms in total. The molecule has 0 aliphatic rings. The molecule has 92 valence electrons. The predicted octanol–water partition coefficient (Wildman–Crippen LogP) is 1.54. The summed E-state index contributed by atoms with van der Waals surface area (Å²) in [6.07, 6.45) is 3.69. The van der Waals surface area contributed by atoms with Crippen molar-refractivity contribution in [3.63, 3.8) is 0 Å². The normalized spacial score (nSPS) is 14.2. The molecule has 0 aliphatic carbocycles. The second kappa shape index (κ2) is 8.08. The van der Waals surface area contributed by atoms with E-state index in [0.29, 0.717) is 12.5 Å². The monoisotopic (exact) mass is 217 g/mol. The molecule has 0 radical (unpaired) electrons. The van der Waals surface area contributed by atoms with Crippen LogP contribution in [0.25, 0.3) is 0 Å². The third kappa shape index (κ3) is 6.88. The zero-order valence-corrected chi connectivity index (χ0v) is 10.4. The third-order valence-corrected chi connectivity index (χ3v) is 3.13. The quantitative estimate of drug-likeness (QED) is 0.513. The van der Waals surface area contributed by atoms with Gasteiger partial charge < -0.3 is 15.5 Å². The summed E-state index contributed by atoms with van der Waals surface area (Å²) in [7, 11) is 0. The molecule has 0 aliphatic heterocycles. The van der Waals surface area contributed by atoms with Gasteiger partial charge in [-0.15, -0.1) is 0 Å². The Morgan fingerprint density at radius 3 is 2.33 bits per heavy atom. The van der Waals surface area contributed by atoms with Gasteiger partial charge in [0, 0.05) is 13.2 Å². The van der Waals surface area contributed by atoms with Gasteiger partial charge >= 0.3 is 0 Å². The highest BCUT2D eigenvalue weighted by atomic mass is 16.3. The largest absolute Gasteiger partial charge is 0.396 e. The number of nitrogens with one attached hydrogen (secondary N) is 1. The summed E-state index contributed by atoms with van der Waals surface area (Å²) in [5.41, 5.74) is -0.539. The van der Waals surface area contributed by atoms with E-state index in [-0.39, 0.29) is 6.61 Å². The Hall–Kier alpha value is -0.120. The second-order valence-electron chi connectivity index (χ2n) is 4.54. The lowest BCUT2D eigenvalue weighted by Crippen LogP contribution is -2.39. The molecular weight excluding hydrogens is 190 g/mol. The average Bonchev–Trinajstić information content (AvgIpc) is 2.27. The summed E-state index contributed by atoms with van der Waals surface area (Å²) in [4.78, 5) is 0. The lowest BCUT2D eigenvalue weighted by atomic mass is 9.97. The summed E-state index contributed by atoms with van der Waals surface area (Å²) < 4.78 is 0. The summed E-state index contributed by atoms with van der Waals surface area (Å²) >= 11 is 0. The minimum absolute atomic E-state index is 0.272. The number of rotatable bonds is 9. The topological polar surface area (TPSA) is 52.5 Å². The van der Waals surface area contributed by atoms with Crippen LogP contribution in [0.2, 0.25) is 0 Å². The van der Waals surface area contributed by atoms with E-state index in [4.69, 9.17) is 5.11 Å². The number of aliphatic hydroxyl groups excluding tert-OH is 1. The Labute approximate surface area is 93.9 Å². The second-order valence-corrected chi connectivity index (χ2v) is 4.54. The van der Waals surface area contributed by atoms with E-state index in [9.17, 15) is 5.11 Å². The fourth-order valence-corrected chi connectivity index (χ4v) is 1.49. The maximum atomic E-state index is 9.98. The number of hydrogen-bond donors (Lipinski definition) is 3. The molecule has 1 unspecified atom stereocenters. The Morgan fingerprint density at radius 1 is 1.27 bits per heavy atom. The van der Waals surface area contributed by atoms with Gasteiger partial charge in [0.2, 0.25) is 0 Å². The molecule has 0 spiro atoms. The maximum absolute atomic E-state index is 9.98. The van der Waals surface area contributed by atoms with Crippen molar-refractivity contribution in [3.8, 4) is 0 Å². The SMILES string of the molecule is CCC(O)(CC)CNCCCC(C)CO. The number of hydrogen-bond acceptors (Lipinski definition) is 3. The van der Waals surface area contributed by atoms with Crippen molar-refractivity contribution in [2.75, 3.05) is 19.7 Å². The molecule has 0 heterocycles. The molecule has 1 atom stereocenters. The van der Waals surface area contributed by atoms with Crippen molar-refractivity contribution in [1.29, 1.82) is 0 Å². The Bertz CT molecular complexity index is 147. The highest BCUT2D eigenvalue weighted by molar-refractivity contribution is 4.77.